The molecule has 0 heterocycles. The number of amides is 1. The lowest BCUT2D eigenvalue weighted by molar-refractivity contribution is -0.119. The molecule has 1 unspecified atom stereocenters. The van der Waals surface area contributed by atoms with Gasteiger partial charge in [-0.2, -0.15) is 0 Å². The molecule has 0 spiro atoms. The van der Waals surface area contributed by atoms with Crippen molar-refractivity contribution in [3.8, 4) is 5.75 Å². The van der Waals surface area contributed by atoms with E-state index in [0.29, 0.717) is 18.4 Å². The van der Waals surface area contributed by atoms with Crippen LogP contribution in [0.3, 0.4) is 0 Å². The van der Waals surface area contributed by atoms with Gasteiger partial charge in [-0.3, -0.25) is 9.59 Å². The van der Waals surface area contributed by atoms with Crippen molar-refractivity contribution in [2.75, 3.05) is 0 Å². The topological polar surface area (TPSA) is 80.4 Å². The summed E-state index contributed by atoms with van der Waals surface area (Å²) in [5.74, 6) is -1.09. The van der Waals surface area contributed by atoms with Crippen molar-refractivity contribution in [1.82, 2.24) is 0 Å². The van der Waals surface area contributed by atoms with E-state index in [-0.39, 0.29) is 23.0 Å². The first-order valence-electron chi connectivity index (χ1n) is 6.83. The second-order valence-electron chi connectivity index (χ2n) is 5.26. The second kappa shape index (κ2) is 5.05. The lowest BCUT2D eigenvalue weighted by Gasteiger charge is -2.10. The summed E-state index contributed by atoms with van der Waals surface area (Å²) < 4.78 is 0. The third-order valence-electron chi connectivity index (χ3n) is 3.96. The summed E-state index contributed by atoms with van der Waals surface area (Å²) in [5.41, 5.74) is 7.81. The van der Waals surface area contributed by atoms with Crippen LogP contribution < -0.4 is 5.73 Å². The molecule has 0 aromatic heterocycles. The minimum Gasteiger partial charge on any atom is -0.507 e. The zero-order valence-corrected chi connectivity index (χ0v) is 11.4. The van der Waals surface area contributed by atoms with Crippen molar-refractivity contribution >= 4 is 11.7 Å². The summed E-state index contributed by atoms with van der Waals surface area (Å²) in [5, 5.41) is 10.1. The van der Waals surface area contributed by atoms with Crippen LogP contribution in [0.25, 0.3) is 0 Å². The smallest absolute Gasteiger partial charge is 0.224 e. The molecule has 0 saturated heterocycles. The first-order valence-corrected chi connectivity index (χ1v) is 6.83. The van der Waals surface area contributed by atoms with Crippen molar-refractivity contribution in [2.45, 2.75) is 18.8 Å². The number of phenols is 1. The predicted octanol–water partition coefficient (Wildman–Crippen LogP) is 2.14. The van der Waals surface area contributed by atoms with Crippen molar-refractivity contribution in [1.29, 1.82) is 0 Å². The number of rotatable bonds is 3. The van der Waals surface area contributed by atoms with Gasteiger partial charge in [0, 0.05) is 5.56 Å². The van der Waals surface area contributed by atoms with Crippen LogP contribution in [0.2, 0.25) is 0 Å². The van der Waals surface area contributed by atoms with Crippen molar-refractivity contribution in [3.05, 3.63) is 64.7 Å². The minimum atomic E-state index is -0.393. The average Bonchev–Trinajstić information content (AvgIpc) is 2.89. The fraction of sp³-hybridized carbons (Fsp3) is 0.176. The van der Waals surface area contributed by atoms with Gasteiger partial charge in [0.15, 0.2) is 5.78 Å². The van der Waals surface area contributed by atoms with E-state index in [1.807, 2.05) is 6.07 Å². The Hall–Kier alpha value is -2.62. The van der Waals surface area contributed by atoms with E-state index in [2.05, 4.69) is 0 Å². The summed E-state index contributed by atoms with van der Waals surface area (Å²) in [6.07, 6.45) is 1.32. The highest BCUT2D eigenvalue weighted by molar-refractivity contribution is 6.11. The van der Waals surface area contributed by atoms with Crippen molar-refractivity contribution < 1.29 is 14.7 Å². The SMILES string of the molecule is NC(=O)C1CCc2cc(C(=O)c3ccccc3)c(O)cc21. The summed E-state index contributed by atoms with van der Waals surface area (Å²) in [6.45, 7) is 0. The number of primary amides is 1. The van der Waals surface area contributed by atoms with Gasteiger partial charge in [-0.1, -0.05) is 30.3 Å². The molecule has 1 aliphatic carbocycles. The van der Waals surface area contributed by atoms with Crippen LogP contribution in [0.4, 0.5) is 0 Å². The van der Waals surface area contributed by atoms with Gasteiger partial charge in [0.05, 0.1) is 11.5 Å². The monoisotopic (exact) mass is 281 g/mol. The van der Waals surface area contributed by atoms with Gasteiger partial charge in [0.2, 0.25) is 5.91 Å². The lowest BCUT2D eigenvalue weighted by Crippen LogP contribution is -2.19. The number of benzene rings is 2. The van der Waals surface area contributed by atoms with Crippen LogP contribution in [0.1, 0.15) is 39.4 Å². The van der Waals surface area contributed by atoms with Gasteiger partial charge in [0.25, 0.3) is 0 Å². The number of nitrogens with two attached hydrogens (primary N) is 1. The number of ketones is 1. The molecular formula is C17H15NO3. The lowest BCUT2D eigenvalue weighted by atomic mass is 9.95. The molecule has 1 atom stereocenters. The molecule has 0 bridgehead atoms. The van der Waals surface area contributed by atoms with Crippen LogP contribution in [0, 0.1) is 0 Å². The number of aryl methyl sites for hydroxylation is 1. The fourth-order valence-electron chi connectivity index (χ4n) is 2.87. The average molecular weight is 281 g/mol. The van der Waals surface area contributed by atoms with Gasteiger partial charge < -0.3 is 10.8 Å². The normalized spacial score (nSPS) is 16.5. The fourth-order valence-corrected chi connectivity index (χ4v) is 2.87. The highest BCUT2D eigenvalue weighted by atomic mass is 16.3. The standard InChI is InChI=1S/C17H15NO3/c18-17(21)12-7-6-11-8-14(15(19)9-13(11)12)16(20)10-4-2-1-3-5-10/h1-5,8-9,12,19H,6-7H2,(H2,18,21). The Balaban J connectivity index is 2.03. The molecule has 4 heteroatoms. The zero-order valence-electron chi connectivity index (χ0n) is 11.4. The molecule has 0 saturated carbocycles. The summed E-state index contributed by atoms with van der Waals surface area (Å²) in [4.78, 5) is 23.8. The highest BCUT2D eigenvalue weighted by Gasteiger charge is 2.29. The van der Waals surface area contributed by atoms with Crippen LogP contribution in [-0.2, 0) is 11.2 Å². The largest absolute Gasteiger partial charge is 0.507 e. The predicted molar refractivity (Wildman–Crippen MR) is 78.2 cm³/mol. The van der Waals surface area contributed by atoms with E-state index >= 15 is 0 Å². The maximum absolute atomic E-state index is 12.4. The Kier molecular flexibility index (Phi) is 3.22. The first kappa shape index (κ1) is 13.4. The van der Waals surface area contributed by atoms with Crippen LogP contribution in [0.15, 0.2) is 42.5 Å². The summed E-state index contributed by atoms with van der Waals surface area (Å²) in [7, 11) is 0. The Morgan fingerprint density at radius 2 is 1.86 bits per heavy atom. The molecule has 106 valence electrons. The molecule has 2 aromatic carbocycles. The minimum absolute atomic E-state index is 0.101. The number of carbonyl (C=O) groups is 2. The molecule has 1 amide bonds. The Morgan fingerprint density at radius 3 is 2.52 bits per heavy atom. The Labute approximate surface area is 122 Å². The molecular weight excluding hydrogens is 266 g/mol. The second-order valence-corrected chi connectivity index (χ2v) is 5.26. The number of hydrogen-bond acceptors (Lipinski definition) is 3. The Bertz CT molecular complexity index is 722. The molecule has 4 nitrogen and oxygen atoms in total. The van der Waals surface area contributed by atoms with E-state index in [9.17, 15) is 14.7 Å². The van der Waals surface area contributed by atoms with E-state index in [4.69, 9.17) is 5.73 Å². The molecule has 1 aliphatic rings. The third kappa shape index (κ3) is 2.29. The van der Waals surface area contributed by atoms with E-state index in [0.717, 1.165) is 11.1 Å². The maximum atomic E-state index is 12.4. The van der Waals surface area contributed by atoms with E-state index < -0.39 is 5.91 Å². The zero-order chi connectivity index (χ0) is 15.0. The number of phenolic OH excluding ortho intramolecular Hbond substituents is 1. The molecule has 21 heavy (non-hydrogen) atoms. The molecule has 3 N–H and O–H groups in total. The molecule has 0 fully saturated rings. The number of hydrogen-bond donors (Lipinski definition) is 2. The van der Waals surface area contributed by atoms with E-state index in [1.54, 1.807) is 30.3 Å². The number of aromatic hydroxyl groups is 1. The number of fused-ring (bicyclic) bond motifs is 1. The maximum Gasteiger partial charge on any atom is 0.224 e. The third-order valence-corrected chi connectivity index (χ3v) is 3.96. The van der Waals surface area contributed by atoms with Gasteiger partial charge in [-0.05, 0) is 36.1 Å². The van der Waals surface area contributed by atoms with Crippen LogP contribution in [-0.4, -0.2) is 16.8 Å². The van der Waals surface area contributed by atoms with Crippen LogP contribution >= 0.6 is 0 Å². The molecule has 0 aliphatic heterocycles. The number of carbonyl (C=O) groups excluding carboxylic acids is 2. The van der Waals surface area contributed by atoms with Crippen molar-refractivity contribution in [3.63, 3.8) is 0 Å². The van der Waals surface area contributed by atoms with Crippen molar-refractivity contribution in [2.24, 2.45) is 5.73 Å². The van der Waals surface area contributed by atoms with Gasteiger partial charge >= 0.3 is 0 Å². The molecule has 3 rings (SSSR count). The summed E-state index contributed by atoms with van der Waals surface area (Å²) >= 11 is 0. The molecule has 0 radical (unpaired) electrons. The molecule has 2 aromatic rings. The van der Waals surface area contributed by atoms with Gasteiger partial charge in [0.1, 0.15) is 5.75 Å². The van der Waals surface area contributed by atoms with Gasteiger partial charge in [-0.15, -0.1) is 0 Å². The highest BCUT2D eigenvalue weighted by Crippen LogP contribution is 2.37. The summed E-state index contributed by atoms with van der Waals surface area (Å²) in [6, 6.07) is 12.0. The quantitative estimate of drug-likeness (QED) is 0.846. The van der Waals surface area contributed by atoms with Gasteiger partial charge in [-0.25, -0.2) is 0 Å². The van der Waals surface area contributed by atoms with E-state index in [1.165, 1.54) is 6.07 Å². The van der Waals surface area contributed by atoms with Crippen LogP contribution in [0.5, 0.6) is 5.75 Å². The Morgan fingerprint density at radius 1 is 1.14 bits per heavy atom. The first-order chi connectivity index (χ1) is 10.1.